The van der Waals surface area contributed by atoms with Crippen molar-refractivity contribution >= 4 is 41.7 Å². The van der Waals surface area contributed by atoms with Gasteiger partial charge in [0.05, 0.1) is 17.8 Å². The molecule has 4 nitrogen and oxygen atoms in total. The Morgan fingerprint density at radius 1 is 1.32 bits per heavy atom. The van der Waals surface area contributed by atoms with Crippen molar-refractivity contribution in [3.05, 3.63) is 48.0 Å². The van der Waals surface area contributed by atoms with E-state index in [0.717, 1.165) is 27.8 Å². The fourth-order valence-electron chi connectivity index (χ4n) is 2.57. The third-order valence-corrected chi connectivity index (χ3v) is 4.43. The summed E-state index contributed by atoms with van der Waals surface area (Å²) in [4.78, 5) is 15.8. The highest BCUT2D eigenvalue weighted by Crippen LogP contribution is 2.36. The molecule has 2 aromatic rings. The molecule has 0 aromatic heterocycles. The van der Waals surface area contributed by atoms with Crippen LogP contribution in [0.25, 0.3) is 0 Å². The maximum absolute atomic E-state index is 12.9. The predicted molar refractivity (Wildman–Crippen MR) is 111 cm³/mol. The second kappa shape index (κ2) is 9.63. The summed E-state index contributed by atoms with van der Waals surface area (Å²) in [5.41, 5.74) is 2.34. The fraction of sp³-hybridized carbons (Fsp3) is 0.316. The van der Waals surface area contributed by atoms with Crippen LogP contribution in [0.4, 0.5) is 11.4 Å². The number of rotatable bonds is 3. The summed E-state index contributed by atoms with van der Waals surface area (Å²) >= 11 is 5.45. The Balaban J connectivity index is 0.000000701. The quantitative estimate of drug-likeness (QED) is 0.614. The number of ether oxygens (including phenoxy) is 1. The molecule has 0 saturated heterocycles. The van der Waals surface area contributed by atoms with Gasteiger partial charge in [0.1, 0.15) is 12.4 Å². The van der Waals surface area contributed by atoms with Crippen LogP contribution in [0.15, 0.2) is 47.4 Å². The van der Waals surface area contributed by atoms with E-state index in [0.29, 0.717) is 18.7 Å². The number of hydrogen-bond acceptors (Lipinski definition) is 5. The van der Waals surface area contributed by atoms with Crippen LogP contribution >= 0.6 is 24.4 Å². The lowest BCUT2D eigenvalue weighted by molar-refractivity contribution is 0.0977. The lowest BCUT2D eigenvalue weighted by Gasteiger charge is -2.30. The van der Waals surface area contributed by atoms with E-state index < -0.39 is 0 Å². The van der Waals surface area contributed by atoms with Crippen molar-refractivity contribution in [3.63, 3.8) is 0 Å². The molecule has 1 aliphatic heterocycles. The standard InChI is InChI=1S/C17H18N2O2S.C2H6S/c1-18-14-6-4-3-5-13(14)17(20)19-9-10-21-16-11-12(22-2)7-8-15(16)19;1-2-3/h3-8,11,18H,9-10H2,1-2H3;3H,2H2,1H3. The summed E-state index contributed by atoms with van der Waals surface area (Å²) in [6, 6.07) is 13.5. The van der Waals surface area contributed by atoms with Crippen molar-refractivity contribution in [2.45, 2.75) is 11.8 Å². The molecule has 25 heavy (non-hydrogen) atoms. The van der Waals surface area contributed by atoms with Crippen LogP contribution in [-0.4, -0.2) is 38.1 Å². The molecule has 0 radical (unpaired) electrons. The second-order valence-corrected chi connectivity index (χ2v) is 6.76. The van der Waals surface area contributed by atoms with Gasteiger partial charge in [-0.1, -0.05) is 19.1 Å². The number of carbonyl (C=O) groups excluding carboxylic acids is 1. The third kappa shape index (κ3) is 4.64. The van der Waals surface area contributed by atoms with Gasteiger partial charge in [-0.25, -0.2) is 0 Å². The van der Waals surface area contributed by atoms with E-state index >= 15 is 0 Å². The van der Waals surface area contributed by atoms with E-state index in [-0.39, 0.29) is 5.91 Å². The van der Waals surface area contributed by atoms with Crippen LogP contribution in [0.1, 0.15) is 17.3 Å². The first-order valence-electron chi connectivity index (χ1n) is 8.16. The maximum Gasteiger partial charge on any atom is 0.260 e. The normalized spacial score (nSPS) is 12.4. The zero-order valence-electron chi connectivity index (χ0n) is 14.8. The van der Waals surface area contributed by atoms with Crippen molar-refractivity contribution in [3.8, 4) is 5.75 Å². The summed E-state index contributed by atoms with van der Waals surface area (Å²) in [6.07, 6.45) is 2.02. The summed E-state index contributed by atoms with van der Waals surface area (Å²) < 4.78 is 5.72. The number of anilines is 2. The number of para-hydroxylation sites is 1. The molecule has 0 fully saturated rings. The summed E-state index contributed by atoms with van der Waals surface area (Å²) in [7, 11) is 1.82. The summed E-state index contributed by atoms with van der Waals surface area (Å²) in [5.74, 6) is 1.71. The van der Waals surface area contributed by atoms with Crippen LogP contribution in [0.5, 0.6) is 5.75 Å². The number of carbonyl (C=O) groups is 1. The molecule has 0 atom stereocenters. The number of nitrogens with zero attached hydrogens (tertiary/aromatic N) is 1. The molecular weight excluding hydrogens is 352 g/mol. The Morgan fingerprint density at radius 2 is 2.04 bits per heavy atom. The van der Waals surface area contributed by atoms with Crippen LogP contribution in [-0.2, 0) is 0 Å². The van der Waals surface area contributed by atoms with Crippen molar-refractivity contribution in [2.75, 3.05) is 42.4 Å². The van der Waals surface area contributed by atoms with Gasteiger partial charge in [-0.3, -0.25) is 4.79 Å². The van der Waals surface area contributed by atoms with Gasteiger partial charge in [0.15, 0.2) is 0 Å². The Hall–Kier alpha value is -1.79. The van der Waals surface area contributed by atoms with E-state index in [1.54, 1.807) is 16.7 Å². The fourth-order valence-corrected chi connectivity index (χ4v) is 3.00. The average Bonchev–Trinajstić information content (AvgIpc) is 2.67. The number of amides is 1. The molecule has 0 saturated carbocycles. The number of fused-ring (bicyclic) bond motifs is 1. The zero-order chi connectivity index (χ0) is 18.2. The Kier molecular flexibility index (Phi) is 7.52. The topological polar surface area (TPSA) is 41.6 Å². The molecule has 1 heterocycles. The monoisotopic (exact) mass is 376 g/mol. The molecular formula is C19H24N2O2S2. The molecule has 6 heteroatoms. The van der Waals surface area contributed by atoms with Gasteiger partial charge in [0, 0.05) is 17.6 Å². The zero-order valence-corrected chi connectivity index (χ0v) is 16.5. The molecule has 134 valence electrons. The van der Waals surface area contributed by atoms with Crippen LogP contribution < -0.4 is 15.0 Å². The number of hydrogen-bond donors (Lipinski definition) is 2. The van der Waals surface area contributed by atoms with Crippen LogP contribution in [0.2, 0.25) is 0 Å². The van der Waals surface area contributed by atoms with Gasteiger partial charge >= 0.3 is 0 Å². The van der Waals surface area contributed by atoms with Crippen LogP contribution in [0, 0.1) is 0 Å². The lowest BCUT2D eigenvalue weighted by atomic mass is 10.1. The van der Waals surface area contributed by atoms with Crippen molar-refractivity contribution in [2.24, 2.45) is 0 Å². The van der Waals surface area contributed by atoms with Crippen LogP contribution in [0.3, 0.4) is 0 Å². The van der Waals surface area contributed by atoms with Crippen molar-refractivity contribution < 1.29 is 9.53 Å². The highest BCUT2D eigenvalue weighted by Gasteiger charge is 2.26. The number of nitrogens with one attached hydrogen (secondary N) is 1. The molecule has 0 aliphatic carbocycles. The van der Waals surface area contributed by atoms with Gasteiger partial charge in [-0.2, -0.15) is 12.6 Å². The Labute approximate surface area is 159 Å². The minimum Gasteiger partial charge on any atom is -0.489 e. The van der Waals surface area contributed by atoms with E-state index in [1.165, 1.54) is 0 Å². The largest absolute Gasteiger partial charge is 0.489 e. The molecule has 1 amide bonds. The SMILES string of the molecule is CCS.CNc1ccccc1C(=O)N1CCOc2cc(SC)ccc21. The first-order chi connectivity index (χ1) is 12.2. The number of thiol groups is 1. The van der Waals surface area contributed by atoms with Gasteiger partial charge < -0.3 is 15.0 Å². The lowest BCUT2D eigenvalue weighted by Crippen LogP contribution is -2.38. The molecule has 0 unspecified atom stereocenters. The highest BCUT2D eigenvalue weighted by atomic mass is 32.2. The Bertz CT molecular complexity index is 722. The van der Waals surface area contributed by atoms with E-state index in [1.807, 2.05) is 62.7 Å². The molecule has 1 N–H and O–H groups in total. The van der Waals surface area contributed by atoms with Crippen molar-refractivity contribution in [1.29, 1.82) is 0 Å². The Morgan fingerprint density at radius 3 is 2.72 bits per heavy atom. The molecule has 3 rings (SSSR count). The molecule has 0 bridgehead atoms. The van der Waals surface area contributed by atoms with Gasteiger partial charge in [0.2, 0.25) is 0 Å². The number of thioether (sulfide) groups is 1. The van der Waals surface area contributed by atoms with Crippen molar-refractivity contribution in [1.82, 2.24) is 0 Å². The van der Waals surface area contributed by atoms with Gasteiger partial charge in [-0.15, -0.1) is 11.8 Å². The van der Waals surface area contributed by atoms with E-state index in [9.17, 15) is 4.79 Å². The minimum atomic E-state index is -0.00796. The second-order valence-electron chi connectivity index (χ2n) is 5.25. The summed E-state index contributed by atoms with van der Waals surface area (Å²) in [5, 5.41) is 3.08. The maximum atomic E-state index is 12.9. The predicted octanol–water partition coefficient (Wildman–Crippen LogP) is 4.43. The number of benzene rings is 2. The molecule has 2 aromatic carbocycles. The minimum absolute atomic E-state index is 0.00796. The molecule has 1 aliphatic rings. The highest BCUT2D eigenvalue weighted by molar-refractivity contribution is 7.98. The van der Waals surface area contributed by atoms with E-state index in [4.69, 9.17) is 4.74 Å². The van der Waals surface area contributed by atoms with Gasteiger partial charge in [-0.05, 0) is 42.3 Å². The third-order valence-electron chi connectivity index (χ3n) is 3.70. The summed E-state index contributed by atoms with van der Waals surface area (Å²) in [6.45, 7) is 3.06. The van der Waals surface area contributed by atoms with Gasteiger partial charge in [0.25, 0.3) is 5.91 Å². The smallest absolute Gasteiger partial charge is 0.260 e. The average molecular weight is 377 g/mol. The molecule has 0 spiro atoms. The van der Waals surface area contributed by atoms with E-state index in [2.05, 4.69) is 17.9 Å². The first-order valence-corrected chi connectivity index (χ1v) is 10.0. The first kappa shape index (κ1) is 19.5.